The van der Waals surface area contributed by atoms with E-state index in [4.69, 9.17) is 9.15 Å². The molecule has 2 aromatic carbocycles. The lowest BCUT2D eigenvalue weighted by Crippen LogP contribution is -2.34. The second-order valence-electron chi connectivity index (χ2n) is 8.85. The largest absolute Gasteiger partial charge is 0.464 e. The number of carbonyl (C=O) groups excluding carboxylic acids is 2. The van der Waals surface area contributed by atoms with Crippen LogP contribution in [0.15, 0.2) is 70.0 Å². The molecule has 6 heteroatoms. The molecule has 0 spiro atoms. The summed E-state index contributed by atoms with van der Waals surface area (Å²) in [6.07, 6.45) is 0. The van der Waals surface area contributed by atoms with Crippen LogP contribution in [0, 0.1) is 6.92 Å². The number of aryl methyl sites for hydroxylation is 1. The van der Waals surface area contributed by atoms with Crippen molar-refractivity contribution in [3.8, 4) is 0 Å². The minimum atomic E-state index is -0.899. The first-order chi connectivity index (χ1) is 15.7. The quantitative estimate of drug-likeness (QED) is 0.316. The Morgan fingerprint density at radius 1 is 1.06 bits per heavy atom. The van der Waals surface area contributed by atoms with E-state index in [1.807, 2.05) is 18.2 Å². The lowest BCUT2D eigenvalue weighted by molar-refractivity contribution is -0.145. The molecular weight excluding hydrogens is 434 g/mol. The van der Waals surface area contributed by atoms with E-state index in [0.29, 0.717) is 17.1 Å². The summed E-state index contributed by atoms with van der Waals surface area (Å²) >= 11 is 1.68. The van der Waals surface area contributed by atoms with E-state index >= 15 is 0 Å². The Hall–Kier alpha value is -2.99. The number of amides is 1. The zero-order valence-corrected chi connectivity index (χ0v) is 20.6. The molecular formula is C27H31NO4S. The lowest BCUT2D eigenvalue weighted by atomic mass is 9.87. The average molecular weight is 466 g/mol. The van der Waals surface area contributed by atoms with Gasteiger partial charge in [-0.05, 0) is 54.2 Å². The molecule has 0 radical (unpaired) electrons. The van der Waals surface area contributed by atoms with Crippen LogP contribution in [-0.2, 0) is 20.7 Å². The highest BCUT2D eigenvalue weighted by Gasteiger charge is 2.25. The van der Waals surface area contributed by atoms with Crippen LogP contribution in [0.2, 0.25) is 0 Å². The molecule has 0 aliphatic carbocycles. The van der Waals surface area contributed by atoms with Crippen LogP contribution in [0.1, 0.15) is 66.7 Å². The van der Waals surface area contributed by atoms with Gasteiger partial charge in [-0.2, -0.15) is 0 Å². The van der Waals surface area contributed by atoms with Crippen LogP contribution in [0.4, 0.5) is 0 Å². The second kappa shape index (κ2) is 10.8. The van der Waals surface area contributed by atoms with Gasteiger partial charge in [-0.3, -0.25) is 4.79 Å². The first-order valence-corrected chi connectivity index (χ1v) is 12.0. The van der Waals surface area contributed by atoms with Crippen molar-refractivity contribution in [2.24, 2.45) is 0 Å². The van der Waals surface area contributed by atoms with E-state index in [-0.39, 0.29) is 17.8 Å². The molecule has 174 valence electrons. The number of furan rings is 1. The van der Waals surface area contributed by atoms with Gasteiger partial charge in [0.25, 0.3) is 5.91 Å². The summed E-state index contributed by atoms with van der Waals surface area (Å²) in [7, 11) is 0. The van der Waals surface area contributed by atoms with Crippen molar-refractivity contribution in [3.63, 3.8) is 0 Å². The fraction of sp³-hybridized carbons (Fsp3) is 0.333. The molecule has 1 aromatic heterocycles. The standard InChI is InChI=1S/C27H31NO4S/c1-6-31-26(30)24(19-10-8-7-9-11-19)28-25(29)22-15-14-21(32-22)17-33-23-16-20(27(3,4)5)13-12-18(23)2/h7-16,24H,6,17H2,1-5H3,(H,28,29)/t24-/m0/s1. The predicted molar refractivity (Wildman–Crippen MR) is 131 cm³/mol. The lowest BCUT2D eigenvalue weighted by Gasteiger charge is -2.20. The molecule has 5 nitrogen and oxygen atoms in total. The molecule has 0 unspecified atom stereocenters. The molecule has 0 bridgehead atoms. The Labute approximate surface area is 199 Å². The third-order valence-electron chi connectivity index (χ3n) is 5.24. The van der Waals surface area contributed by atoms with Crippen molar-refractivity contribution < 1.29 is 18.7 Å². The average Bonchev–Trinajstić information content (AvgIpc) is 3.26. The zero-order valence-electron chi connectivity index (χ0n) is 19.8. The number of benzene rings is 2. The van der Waals surface area contributed by atoms with Gasteiger partial charge in [-0.25, -0.2) is 4.79 Å². The SMILES string of the molecule is CCOC(=O)[C@@H](NC(=O)c1ccc(CSc2cc(C(C)(C)C)ccc2C)o1)c1ccccc1. The number of rotatable bonds is 8. The number of carbonyl (C=O) groups is 2. The van der Waals surface area contributed by atoms with Crippen molar-refractivity contribution in [2.45, 2.75) is 56.7 Å². The summed E-state index contributed by atoms with van der Waals surface area (Å²) in [6, 6.07) is 18.1. The zero-order chi connectivity index (χ0) is 24.0. The number of hydrogen-bond acceptors (Lipinski definition) is 5. The highest BCUT2D eigenvalue weighted by atomic mass is 32.2. The fourth-order valence-electron chi connectivity index (χ4n) is 3.30. The number of thioether (sulfide) groups is 1. The van der Waals surface area contributed by atoms with Crippen LogP contribution < -0.4 is 5.32 Å². The summed E-state index contributed by atoms with van der Waals surface area (Å²) in [6.45, 7) is 10.6. The van der Waals surface area contributed by atoms with Crippen LogP contribution in [-0.4, -0.2) is 18.5 Å². The predicted octanol–water partition coefficient (Wildman–Crippen LogP) is 6.21. The van der Waals surface area contributed by atoms with E-state index in [1.54, 1.807) is 43.0 Å². The summed E-state index contributed by atoms with van der Waals surface area (Å²) < 4.78 is 10.9. The molecule has 1 heterocycles. The van der Waals surface area contributed by atoms with Crippen molar-refractivity contribution in [3.05, 3.63) is 88.9 Å². The molecule has 0 saturated heterocycles. The van der Waals surface area contributed by atoms with E-state index in [2.05, 4.69) is 51.2 Å². The minimum absolute atomic E-state index is 0.0766. The normalized spacial score (nSPS) is 12.3. The minimum Gasteiger partial charge on any atom is -0.464 e. The Morgan fingerprint density at radius 2 is 1.79 bits per heavy atom. The van der Waals surface area contributed by atoms with Crippen molar-refractivity contribution >= 4 is 23.6 Å². The van der Waals surface area contributed by atoms with Crippen molar-refractivity contribution in [1.29, 1.82) is 0 Å². The van der Waals surface area contributed by atoms with E-state index in [1.165, 1.54) is 16.0 Å². The summed E-state index contributed by atoms with van der Waals surface area (Å²) in [5.74, 6) is 0.489. The van der Waals surface area contributed by atoms with Gasteiger partial charge < -0.3 is 14.5 Å². The molecule has 0 fully saturated rings. The van der Waals surface area contributed by atoms with Gasteiger partial charge in [0.05, 0.1) is 12.4 Å². The summed E-state index contributed by atoms with van der Waals surface area (Å²) in [4.78, 5) is 26.4. The molecule has 1 atom stereocenters. The highest BCUT2D eigenvalue weighted by Crippen LogP contribution is 2.32. The fourth-order valence-corrected chi connectivity index (χ4v) is 4.26. The topological polar surface area (TPSA) is 68.5 Å². The van der Waals surface area contributed by atoms with E-state index < -0.39 is 17.9 Å². The number of nitrogens with one attached hydrogen (secondary N) is 1. The molecule has 0 saturated carbocycles. The Balaban J connectivity index is 1.69. The number of hydrogen-bond donors (Lipinski definition) is 1. The van der Waals surface area contributed by atoms with Crippen LogP contribution >= 0.6 is 11.8 Å². The van der Waals surface area contributed by atoms with Crippen LogP contribution in [0.5, 0.6) is 0 Å². The van der Waals surface area contributed by atoms with Crippen LogP contribution in [0.25, 0.3) is 0 Å². The second-order valence-corrected chi connectivity index (χ2v) is 9.87. The Kier molecular flexibility index (Phi) is 8.03. The third-order valence-corrected chi connectivity index (χ3v) is 6.42. The van der Waals surface area contributed by atoms with Gasteiger partial charge in [0.2, 0.25) is 0 Å². The van der Waals surface area contributed by atoms with Gasteiger partial charge in [0.15, 0.2) is 11.8 Å². The molecule has 33 heavy (non-hydrogen) atoms. The third kappa shape index (κ3) is 6.51. The maximum Gasteiger partial charge on any atom is 0.333 e. The molecule has 1 amide bonds. The van der Waals surface area contributed by atoms with Gasteiger partial charge in [0, 0.05) is 4.90 Å². The molecule has 0 aliphatic rings. The maximum absolute atomic E-state index is 12.8. The van der Waals surface area contributed by atoms with E-state index in [0.717, 1.165) is 0 Å². The number of ether oxygens (including phenoxy) is 1. The summed E-state index contributed by atoms with van der Waals surface area (Å²) in [5, 5.41) is 2.74. The molecule has 0 aliphatic heterocycles. The first-order valence-electron chi connectivity index (χ1n) is 11.0. The van der Waals surface area contributed by atoms with Crippen molar-refractivity contribution in [2.75, 3.05) is 6.61 Å². The Morgan fingerprint density at radius 3 is 2.45 bits per heavy atom. The Bertz CT molecular complexity index is 1100. The number of esters is 1. The molecule has 3 rings (SSSR count). The van der Waals surface area contributed by atoms with Gasteiger partial charge in [-0.15, -0.1) is 11.8 Å². The molecule has 1 N–H and O–H groups in total. The van der Waals surface area contributed by atoms with Crippen LogP contribution in [0.3, 0.4) is 0 Å². The van der Waals surface area contributed by atoms with Gasteiger partial charge in [0.1, 0.15) is 5.76 Å². The maximum atomic E-state index is 12.8. The summed E-state index contributed by atoms with van der Waals surface area (Å²) in [5.41, 5.74) is 3.22. The van der Waals surface area contributed by atoms with Gasteiger partial charge in [-0.1, -0.05) is 63.2 Å². The first kappa shape index (κ1) is 24.6. The monoisotopic (exact) mass is 465 g/mol. The highest BCUT2D eigenvalue weighted by molar-refractivity contribution is 7.98. The smallest absolute Gasteiger partial charge is 0.333 e. The molecule has 3 aromatic rings. The van der Waals surface area contributed by atoms with Gasteiger partial charge >= 0.3 is 5.97 Å². The van der Waals surface area contributed by atoms with Crippen molar-refractivity contribution in [1.82, 2.24) is 5.32 Å². The van der Waals surface area contributed by atoms with E-state index in [9.17, 15) is 9.59 Å².